The molecule has 0 amide bonds. The summed E-state index contributed by atoms with van der Waals surface area (Å²) < 4.78 is 16.9. The second-order valence-electron chi connectivity index (χ2n) is 11.4. The molecule has 4 aliphatic rings. The standard InChI is InChI=1S/C18H21NO4.C14H14O3/c1-19-8-7-17-14-10-3-4-12(22-2)15(14)23-16(17)11(20)5-6-18(17,21)13(19)9-10;1-9(14(15)16)10-6-7-12-11(8-10)4-3-5-13(12)17-2/h3-4,13,16,21H,5-9H2,1-2H3;3-9H,1-2H3,(H,15,16)/t13-,16+,17+,18-;/m1./s1. The summed E-state index contributed by atoms with van der Waals surface area (Å²) in [5, 5.41) is 22.7. The molecule has 3 aromatic carbocycles. The lowest BCUT2D eigenvalue weighted by atomic mass is 9.49. The van der Waals surface area contributed by atoms with Crippen LogP contribution in [0.25, 0.3) is 10.8 Å². The van der Waals surface area contributed by atoms with Gasteiger partial charge in [-0.1, -0.05) is 36.4 Å². The predicted molar refractivity (Wildman–Crippen MR) is 150 cm³/mol. The fraction of sp³-hybridized carbons (Fsp3) is 0.438. The molecule has 2 N–H and O–H groups in total. The number of aliphatic hydroxyl groups is 1. The van der Waals surface area contributed by atoms with Gasteiger partial charge in [0.25, 0.3) is 0 Å². The summed E-state index contributed by atoms with van der Waals surface area (Å²) in [6.45, 7) is 2.56. The van der Waals surface area contributed by atoms with Crippen molar-refractivity contribution in [3.05, 3.63) is 65.2 Å². The monoisotopic (exact) mass is 545 g/mol. The number of likely N-dealkylation sites (tertiary alicyclic amines) is 1. The van der Waals surface area contributed by atoms with Crippen molar-refractivity contribution in [3.8, 4) is 17.2 Å². The molecule has 2 aliphatic carbocycles. The van der Waals surface area contributed by atoms with E-state index in [1.165, 1.54) is 5.56 Å². The molecule has 8 nitrogen and oxygen atoms in total. The first-order valence-corrected chi connectivity index (χ1v) is 13.8. The van der Waals surface area contributed by atoms with Crippen molar-refractivity contribution < 1.29 is 34.0 Å². The molecule has 2 aliphatic heterocycles. The smallest absolute Gasteiger partial charge is 0.310 e. The molecular formula is C32H35NO7. The topological polar surface area (TPSA) is 106 Å². The number of benzene rings is 3. The average Bonchev–Trinajstić information content (AvgIpc) is 3.32. The van der Waals surface area contributed by atoms with Gasteiger partial charge in [0.05, 0.1) is 31.2 Å². The SMILES string of the molecule is COc1ccc2c3c1O[C@H]1C(=O)CC[C@@]4(O)[C@@H](C2)N(C)CC[C@]314.COc1cccc2cc(C(C)C(=O)O)ccc12. The number of hydrogen-bond donors (Lipinski definition) is 2. The van der Waals surface area contributed by atoms with Crippen LogP contribution in [0.4, 0.5) is 0 Å². The Morgan fingerprint density at radius 2 is 1.88 bits per heavy atom. The van der Waals surface area contributed by atoms with Crippen LogP contribution in [0.1, 0.15) is 48.8 Å². The van der Waals surface area contributed by atoms with Crippen molar-refractivity contribution in [3.63, 3.8) is 0 Å². The van der Waals surface area contributed by atoms with E-state index in [-0.39, 0.29) is 11.8 Å². The Balaban J connectivity index is 0.000000152. The van der Waals surface area contributed by atoms with Gasteiger partial charge in [-0.15, -0.1) is 0 Å². The molecule has 1 spiro atoms. The van der Waals surface area contributed by atoms with Gasteiger partial charge in [0.2, 0.25) is 0 Å². The van der Waals surface area contributed by atoms with E-state index in [1.807, 2.05) is 42.5 Å². The number of ketones is 1. The lowest BCUT2D eigenvalue weighted by molar-refractivity contribution is -0.185. The molecule has 2 bridgehead atoms. The van der Waals surface area contributed by atoms with Gasteiger partial charge < -0.3 is 29.3 Å². The maximum Gasteiger partial charge on any atom is 0.310 e. The Morgan fingerprint density at radius 1 is 1.10 bits per heavy atom. The summed E-state index contributed by atoms with van der Waals surface area (Å²) in [5.74, 6) is 0.964. The van der Waals surface area contributed by atoms with Gasteiger partial charge in [-0.3, -0.25) is 9.59 Å². The fourth-order valence-corrected chi connectivity index (χ4v) is 7.55. The van der Waals surface area contributed by atoms with Crippen LogP contribution < -0.4 is 14.2 Å². The quantitative estimate of drug-likeness (QED) is 0.505. The van der Waals surface area contributed by atoms with E-state index < -0.39 is 29.0 Å². The van der Waals surface area contributed by atoms with Crippen LogP contribution in [0.2, 0.25) is 0 Å². The Morgan fingerprint density at radius 3 is 2.60 bits per heavy atom. The molecule has 2 fully saturated rings. The van der Waals surface area contributed by atoms with Crippen molar-refractivity contribution in [1.29, 1.82) is 0 Å². The highest BCUT2D eigenvalue weighted by Crippen LogP contribution is 2.64. The zero-order chi connectivity index (χ0) is 28.4. The van der Waals surface area contributed by atoms with Gasteiger partial charge in [-0.05, 0) is 68.4 Å². The zero-order valence-corrected chi connectivity index (χ0v) is 23.3. The Bertz CT molecular complexity index is 1520. The van der Waals surface area contributed by atoms with Crippen LogP contribution in [-0.2, 0) is 21.4 Å². The molecule has 7 rings (SSSR count). The van der Waals surface area contributed by atoms with Gasteiger partial charge in [0, 0.05) is 23.4 Å². The summed E-state index contributed by atoms with van der Waals surface area (Å²) in [4.78, 5) is 25.8. The lowest BCUT2D eigenvalue weighted by Gasteiger charge is -2.62. The van der Waals surface area contributed by atoms with Gasteiger partial charge in [-0.25, -0.2) is 0 Å². The molecule has 0 radical (unpaired) electrons. The van der Waals surface area contributed by atoms with Crippen molar-refractivity contribution in [2.45, 2.75) is 61.7 Å². The second kappa shape index (κ2) is 9.49. The molecule has 2 heterocycles. The molecule has 0 aromatic heterocycles. The predicted octanol–water partition coefficient (Wildman–Crippen LogP) is 4.08. The van der Waals surface area contributed by atoms with Crippen LogP contribution in [0, 0.1) is 0 Å². The van der Waals surface area contributed by atoms with Crippen LogP contribution in [0.5, 0.6) is 17.2 Å². The van der Waals surface area contributed by atoms with Gasteiger partial charge in [-0.2, -0.15) is 0 Å². The number of likely N-dealkylation sites (N-methyl/N-ethyl adjacent to an activating group) is 1. The minimum absolute atomic E-state index is 0.0438. The number of methoxy groups -OCH3 is 2. The highest BCUT2D eigenvalue weighted by Gasteiger charge is 2.72. The third-order valence-corrected chi connectivity index (χ3v) is 9.68. The number of carbonyl (C=O) groups is 2. The minimum Gasteiger partial charge on any atom is -0.496 e. The number of fused-ring (bicyclic) bond motifs is 1. The van der Waals surface area contributed by atoms with E-state index >= 15 is 0 Å². The number of carboxylic acids is 1. The second-order valence-corrected chi connectivity index (χ2v) is 11.4. The van der Waals surface area contributed by atoms with Crippen LogP contribution in [-0.4, -0.2) is 72.4 Å². The summed E-state index contributed by atoms with van der Waals surface area (Å²) in [6, 6.07) is 15.4. The van der Waals surface area contributed by atoms with E-state index in [0.717, 1.165) is 47.0 Å². The summed E-state index contributed by atoms with van der Waals surface area (Å²) in [6.07, 6.45) is 1.89. The van der Waals surface area contributed by atoms with Gasteiger partial charge >= 0.3 is 5.97 Å². The van der Waals surface area contributed by atoms with Crippen LogP contribution >= 0.6 is 0 Å². The largest absolute Gasteiger partial charge is 0.496 e. The molecule has 1 saturated carbocycles. The fourth-order valence-electron chi connectivity index (χ4n) is 7.55. The number of carbonyl (C=O) groups excluding carboxylic acids is 1. The summed E-state index contributed by atoms with van der Waals surface area (Å²) in [5.41, 5.74) is 1.54. The Labute approximate surface area is 233 Å². The molecule has 210 valence electrons. The van der Waals surface area contributed by atoms with Gasteiger partial charge in [0.1, 0.15) is 5.75 Å². The number of rotatable bonds is 4. The molecule has 3 aromatic rings. The third kappa shape index (κ3) is 3.58. The van der Waals surface area contributed by atoms with E-state index in [2.05, 4.69) is 18.0 Å². The van der Waals surface area contributed by atoms with Crippen LogP contribution in [0.3, 0.4) is 0 Å². The van der Waals surface area contributed by atoms with E-state index in [9.17, 15) is 14.7 Å². The molecule has 1 unspecified atom stereocenters. The highest BCUT2D eigenvalue weighted by atomic mass is 16.5. The van der Waals surface area contributed by atoms with Crippen molar-refractivity contribution in [2.75, 3.05) is 27.8 Å². The minimum atomic E-state index is -0.900. The maximum absolute atomic E-state index is 12.7. The molecule has 40 heavy (non-hydrogen) atoms. The molecule has 8 heteroatoms. The number of piperidine rings is 1. The van der Waals surface area contributed by atoms with E-state index in [4.69, 9.17) is 19.3 Å². The Hall–Kier alpha value is -3.62. The summed E-state index contributed by atoms with van der Waals surface area (Å²) in [7, 11) is 5.32. The molecule has 1 saturated heterocycles. The van der Waals surface area contributed by atoms with E-state index in [0.29, 0.717) is 24.3 Å². The van der Waals surface area contributed by atoms with Crippen LogP contribution in [0.15, 0.2) is 48.5 Å². The Kier molecular flexibility index (Phi) is 6.31. The van der Waals surface area contributed by atoms with E-state index in [1.54, 1.807) is 21.1 Å². The number of Topliss-reactive ketones (excluding diaryl/α,β-unsaturated/α-hetero) is 1. The third-order valence-electron chi connectivity index (χ3n) is 9.68. The van der Waals surface area contributed by atoms with Crippen molar-refractivity contribution in [2.24, 2.45) is 0 Å². The zero-order valence-electron chi connectivity index (χ0n) is 23.3. The highest BCUT2D eigenvalue weighted by molar-refractivity contribution is 5.91. The number of hydrogen-bond acceptors (Lipinski definition) is 7. The maximum atomic E-state index is 12.7. The average molecular weight is 546 g/mol. The van der Waals surface area contributed by atoms with Crippen molar-refractivity contribution in [1.82, 2.24) is 4.90 Å². The first-order valence-electron chi connectivity index (χ1n) is 13.8. The first-order chi connectivity index (χ1) is 19.2. The normalized spacial score (nSPS) is 28.6. The summed E-state index contributed by atoms with van der Waals surface area (Å²) >= 11 is 0. The molecule has 5 atom stereocenters. The number of ether oxygens (including phenoxy) is 3. The number of nitrogens with zero attached hydrogens (tertiary/aromatic N) is 1. The lowest BCUT2D eigenvalue weighted by Crippen LogP contribution is -2.76. The number of carboxylic acid groups (broad SMARTS) is 1. The van der Waals surface area contributed by atoms with Crippen molar-refractivity contribution >= 4 is 22.5 Å². The van der Waals surface area contributed by atoms with Gasteiger partial charge in [0.15, 0.2) is 23.4 Å². The first kappa shape index (κ1) is 26.6. The number of aliphatic carboxylic acids is 1. The molecular weight excluding hydrogens is 510 g/mol.